The largest absolute Gasteiger partial charge is 0.399 e. The predicted octanol–water partition coefficient (Wildman–Crippen LogP) is 1.72. The highest BCUT2D eigenvalue weighted by Gasteiger charge is 2.44. The van der Waals surface area contributed by atoms with E-state index < -0.39 is 0 Å². The van der Waals surface area contributed by atoms with Crippen LogP contribution in [-0.2, 0) is 6.54 Å². The Hall–Kier alpha value is -1.02. The molecule has 2 N–H and O–H groups in total. The smallest absolute Gasteiger partial charge is 0.0314 e. The van der Waals surface area contributed by atoms with Gasteiger partial charge in [-0.25, -0.2) is 0 Å². The van der Waals surface area contributed by atoms with Crippen LogP contribution in [0.2, 0.25) is 0 Å². The topological polar surface area (TPSA) is 29.3 Å². The molecule has 3 rings (SSSR count). The van der Waals surface area contributed by atoms with Gasteiger partial charge in [-0.05, 0) is 36.0 Å². The highest BCUT2D eigenvalue weighted by molar-refractivity contribution is 5.39. The SMILES string of the molecule is Nc1ccc(CN2CC3CC3C2)cc1. The summed E-state index contributed by atoms with van der Waals surface area (Å²) in [6, 6.07) is 8.26. The van der Waals surface area contributed by atoms with E-state index in [9.17, 15) is 0 Å². The molecule has 0 aromatic heterocycles. The summed E-state index contributed by atoms with van der Waals surface area (Å²) in [6.07, 6.45) is 1.48. The lowest BCUT2D eigenvalue weighted by molar-refractivity contribution is 0.297. The van der Waals surface area contributed by atoms with Crippen molar-refractivity contribution in [2.45, 2.75) is 13.0 Å². The quantitative estimate of drug-likeness (QED) is 0.716. The highest BCUT2D eigenvalue weighted by Crippen LogP contribution is 2.45. The van der Waals surface area contributed by atoms with Gasteiger partial charge in [0, 0.05) is 25.3 Å². The van der Waals surface area contributed by atoms with E-state index in [1.165, 1.54) is 25.1 Å². The number of hydrogen-bond acceptors (Lipinski definition) is 2. The lowest BCUT2D eigenvalue weighted by atomic mass is 10.2. The minimum absolute atomic E-state index is 0.859. The van der Waals surface area contributed by atoms with Gasteiger partial charge >= 0.3 is 0 Å². The number of nitrogens with zero attached hydrogens (tertiary/aromatic N) is 1. The third kappa shape index (κ3) is 1.50. The molecule has 1 heterocycles. The second-order valence-corrected chi connectivity index (χ2v) is 4.69. The van der Waals surface area contributed by atoms with Crippen LogP contribution in [0.4, 0.5) is 5.69 Å². The zero-order valence-corrected chi connectivity index (χ0v) is 8.32. The minimum Gasteiger partial charge on any atom is -0.399 e. The van der Waals surface area contributed by atoms with Gasteiger partial charge in [-0.2, -0.15) is 0 Å². The number of likely N-dealkylation sites (tertiary alicyclic amines) is 1. The molecule has 0 amide bonds. The van der Waals surface area contributed by atoms with E-state index in [0.29, 0.717) is 0 Å². The Balaban J connectivity index is 1.64. The second kappa shape index (κ2) is 2.99. The third-order valence-electron chi connectivity index (χ3n) is 3.44. The lowest BCUT2D eigenvalue weighted by Crippen LogP contribution is -2.21. The van der Waals surface area contributed by atoms with Gasteiger partial charge in [0.1, 0.15) is 0 Å². The van der Waals surface area contributed by atoms with Crippen molar-refractivity contribution in [2.24, 2.45) is 11.8 Å². The van der Waals surface area contributed by atoms with Crippen molar-refractivity contribution in [3.05, 3.63) is 29.8 Å². The van der Waals surface area contributed by atoms with Crippen molar-refractivity contribution >= 4 is 5.69 Å². The van der Waals surface area contributed by atoms with Crippen molar-refractivity contribution in [1.82, 2.24) is 4.90 Å². The second-order valence-electron chi connectivity index (χ2n) is 4.69. The number of piperidine rings is 1. The average Bonchev–Trinajstić information content (AvgIpc) is 2.79. The Bertz CT molecular complexity index is 321. The molecule has 0 radical (unpaired) electrons. The Kier molecular flexibility index (Phi) is 1.77. The molecule has 74 valence electrons. The van der Waals surface area contributed by atoms with Gasteiger partial charge in [0.05, 0.1) is 0 Å². The first-order valence-corrected chi connectivity index (χ1v) is 5.38. The molecule has 1 aromatic rings. The number of benzene rings is 1. The molecule has 14 heavy (non-hydrogen) atoms. The Morgan fingerprint density at radius 1 is 1.14 bits per heavy atom. The van der Waals surface area contributed by atoms with E-state index in [1.54, 1.807) is 0 Å². The van der Waals surface area contributed by atoms with Gasteiger partial charge in [0.15, 0.2) is 0 Å². The van der Waals surface area contributed by atoms with Crippen LogP contribution in [-0.4, -0.2) is 18.0 Å². The first-order chi connectivity index (χ1) is 6.81. The third-order valence-corrected chi connectivity index (χ3v) is 3.44. The van der Waals surface area contributed by atoms with Gasteiger partial charge in [-0.1, -0.05) is 12.1 Å². The molecule has 2 aliphatic rings. The maximum Gasteiger partial charge on any atom is 0.0314 e. The van der Waals surface area contributed by atoms with Crippen molar-refractivity contribution in [2.75, 3.05) is 18.8 Å². The fourth-order valence-corrected chi connectivity index (χ4v) is 2.51. The molecule has 2 nitrogen and oxygen atoms in total. The van der Waals surface area contributed by atoms with Gasteiger partial charge in [0.2, 0.25) is 0 Å². The molecule has 1 aliphatic carbocycles. The van der Waals surface area contributed by atoms with E-state index in [1.807, 2.05) is 12.1 Å². The number of nitrogens with two attached hydrogens (primary N) is 1. The first-order valence-electron chi connectivity index (χ1n) is 5.38. The Morgan fingerprint density at radius 3 is 2.43 bits per heavy atom. The summed E-state index contributed by atoms with van der Waals surface area (Å²) in [4.78, 5) is 2.56. The molecule has 2 fully saturated rings. The summed E-state index contributed by atoms with van der Waals surface area (Å²) in [5, 5.41) is 0. The minimum atomic E-state index is 0.859. The summed E-state index contributed by atoms with van der Waals surface area (Å²) in [6.45, 7) is 3.73. The zero-order valence-electron chi connectivity index (χ0n) is 8.32. The van der Waals surface area contributed by atoms with Gasteiger partial charge < -0.3 is 5.73 Å². The first kappa shape index (κ1) is 8.30. The Labute approximate surface area is 84.7 Å². The number of fused-ring (bicyclic) bond motifs is 1. The summed E-state index contributed by atoms with van der Waals surface area (Å²) in [5.74, 6) is 2.06. The molecule has 1 aliphatic heterocycles. The molecule has 0 spiro atoms. The van der Waals surface area contributed by atoms with Crippen LogP contribution in [0, 0.1) is 11.8 Å². The van der Waals surface area contributed by atoms with Crippen molar-refractivity contribution in [1.29, 1.82) is 0 Å². The van der Waals surface area contributed by atoms with E-state index in [4.69, 9.17) is 5.73 Å². The summed E-state index contributed by atoms with van der Waals surface area (Å²) in [5.41, 5.74) is 7.90. The summed E-state index contributed by atoms with van der Waals surface area (Å²) in [7, 11) is 0. The monoisotopic (exact) mass is 188 g/mol. The molecular formula is C12H16N2. The van der Waals surface area contributed by atoms with Crippen LogP contribution in [0.5, 0.6) is 0 Å². The molecular weight excluding hydrogens is 172 g/mol. The van der Waals surface area contributed by atoms with Crippen LogP contribution in [0.15, 0.2) is 24.3 Å². The molecule has 2 heteroatoms. The van der Waals surface area contributed by atoms with E-state index in [2.05, 4.69) is 17.0 Å². The highest BCUT2D eigenvalue weighted by atomic mass is 15.2. The maximum absolute atomic E-state index is 5.65. The van der Waals surface area contributed by atoms with Crippen molar-refractivity contribution in [3.63, 3.8) is 0 Å². The van der Waals surface area contributed by atoms with Crippen LogP contribution in [0.1, 0.15) is 12.0 Å². The number of nitrogen functional groups attached to an aromatic ring is 1. The normalized spacial score (nSPS) is 30.3. The fourth-order valence-electron chi connectivity index (χ4n) is 2.51. The van der Waals surface area contributed by atoms with Crippen LogP contribution < -0.4 is 5.73 Å². The van der Waals surface area contributed by atoms with E-state index in [0.717, 1.165) is 24.1 Å². The van der Waals surface area contributed by atoms with Crippen LogP contribution in [0.25, 0.3) is 0 Å². The molecule has 1 saturated heterocycles. The van der Waals surface area contributed by atoms with Gasteiger partial charge in [0.25, 0.3) is 0 Å². The molecule has 0 bridgehead atoms. The zero-order chi connectivity index (χ0) is 9.54. The van der Waals surface area contributed by atoms with Crippen molar-refractivity contribution in [3.8, 4) is 0 Å². The van der Waals surface area contributed by atoms with Gasteiger partial charge in [-0.15, -0.1) is 0 Å². The van der Waals surface area contributed by atoms with E-state index in [-0.39, 0.29) is 0 Å². The molecule has 1 saturated carbocycles. The Morgan fingerprint density at radius 2 is 1.79 bits per heavy atom. The molecule has 2 atom stereocenters. The lowest BCUT2D eigenvalue weighted by Gasteiger charge is -2.17. The maximum atomic E-state index is 5.65. The molecule has 2 unspecified atom stereocenters. The summed E-state index contributed by atoms with van der Waals surface area (Å²) >= 11 is 0. The van der Waals surface area contributed by atoms with Crippen LogP contribution >= 0.6 is 0 Å². The molecule has 1 aromatic carbocycles. The number of hydrogen-bond donors (Lipinski definition) is 1. The fraction of sp³-hybridized carbons (Fsp3) is 0.500. The predicted molar refractivity (Wildman–Crippen MR) is 57.7 cm³/mol. The van der Waals surface area contributed by atoms with Crippen LogP contribution in [0.3, 0.4) is 0 Å². The van der Waals surface area contributed by atoms with E-state index >= 15 is 0 Å². The number of anilines is 1. The standard InChI is InChI=1S/C12H16N2/c13-12-3-1-9(2-4-12)6-14-7-10-5-11(10)8-14/h1-4,10-11H,5-8,13H2. The van der Waals surface area contributed by atoms with Crippen molar-refractivity contribution < 1.29 is 0 Å². The van der Waals surface area contributed by atoms with Gasteiger partial charge in [-0.3, -0.25) is 4.90 Å². The number of rotatable bonds is 2. The average molecular weight is 188 g/mol. The summed E-state index contributed by atoms with van der Waals surface area (Å²) < 4.78 is 0.